The summed E-state index contributed by atoms with van der Waals surface area (Å²) >= 11 is 0. The Bertz CT molecular complexity index is 1810. The number of aromatic nitrogens is 1. The second kappa shape index (κ2) is 11.2. The van der Waals surface area contributed by atoms with Gasteiger partial charge in [-0.15, -0.1) is 0 Å². The molecule has 0 aliphatic carbocycles. The van der Waals surface area contributed by atoms with Gasteiger partial charge in [-0.05, 0) is 59.2 Å². The normalized spacial score (nSPS) is 11.9. The Hall–Kier alpha value is -5.44. The summed E-state index contributed by atoms with van der Waals surface area (Å²) in [5.74, 6) is 0.512. The number of hydrogen-bond acceptors (Lipinski definition) is 7. The van der Waals surface area contributed by atoms with Crippen LogP contribution >= 0.6 is 0 Å². The predicted octanol–water partition coefficient (Wildman–Crippen LogP) is 6.16. The van der Waals surface area contributed by atoms with Gasteiger partial charge in [-0.3, -0.25) is 0 Å². The van der Waals surface area contributed by atoms with Crippen LogP contribution in [0.3, 0.4) is 0 Å². The third-order valence-electron chi connectivity index (χ3n) is 7.20. The highest BCUT2D eigenvalue weighted by molar-refractivity contribution is 6.09. The average Bonchev–Trinajstić information content (AvgIpc) is 3.62. The summed E-state index contributed by atoms with van der Waals surface area (Å²) in [5, 5.41) is 11.3. The minimum Gasteiger partial charge on any atom is -0.497 e. The minimum absolute atomic E-state index is 0.0516. The molecule has 1 aromatic heterocycles. The molecular weight excluding hydrogens is 538 g/mol. The van der Waals surface area contributed by atoms with Crippen molar-refractivity contribution in [3.05, 3.63) is 107 Å². The first-order chi connectivity index (χ1) is 20.5. The Balaban J connectivity index is 1.53. The molecule has 1 N–H and O–H groups in total. The van der Waals surface area contributed by atoms with E-state index in [1.165, 1.54) is 14.2 Å². The maximum atomic E-state index is 13.0. The van der Waals surface area contributed by atoms with E-state index < -0.39 is 11.9 Å². The van der Waals surface area contributed by atoms with E-state index in [1.807, 2.05) is 54.6 Å². The molecule has 0 amide bonds. The van der Waals surface area contributed by atoms with Crippen LogP contribution in [-0.2, 0) is 17.9 Å². The number of rotatable bonds is 9. The van der Waals surface area contributed by atoms with E-state index >= 15 is 0 Å². The number of esters is 1. The fraction of sp³-hybridized carbons (Fsp3) is 0.152. The van der Waals surface area contributed by atoms with Gasteiger partial charge < -0.3 is 33.4 Å². The van der Waals surface area contributed by atoms with E-state index in [2.05, 4.69) is 0 Å². The number of carbonyl (C=O) groups is 2. The SMILES string of the molecule is COC(=O)c1cc(OC)ccc1Cn1c(C(=O)O)c(-c2ccc3c(c2)OCO3)c2cc(OCc3ccccc3)ccc21. The Labute approximate surface area is 241 Å². The lowest BCUT2D eigenvalue weighted by Gasteiger charge is -2.14. The van der Waals surface area contributed by atoms with E-state index in [9.17, 15) is 14.7 Å². The number of fused-ring (bicyclic) bond motifs is 2. The maximum Gasteiger partial charge on any atom is 0.353 e. The molecule has 9 heteroatoms. The first-order valence-corrected chi connectivity index (χ1v) is 13.2. The molecule has 4 aromatic carbocycles. The number of benzene rings is 4. The van der Waals surface area contributed by atoms with Gasteiger partial charge in [0.1, 0.15) is 23.8 Å². The second-order valence-electron chi connectivity index (χ2n) is 9.65. The monoisotopic (exact) mass is 565 g/mol. The molecule has 0 spiro atoms. The molecule has 2 heterocycles. The quantitative estimate of drug-likeness (QED) is 0.212. The van der Waals surface area contributed by atoms with E-state index in [0.29, 0.717) is 57.2 Å². The molecule has 0 radical (unpaired) electrons. The zero-order valence-electron chi connectivity index (χ0n) is 23.0. The van der Waals surface area contributed by atoms with Crippen LogP contribution in [-0.4, -0.2) is 42.6 Å². The Morgan fingerprint density at radius 1 is 0.881 bits per heavy atom. The van der Waals surface area contributed by atoms with Gasteiger partial charge in [0, 0.05) is 23.0 Å². The van der Waals surface area contributed by atoms with Crippen molar-refractivity contribution in [2.45, 2.75) is 13.2 Å². The summed E-state index contributed by atoms with van der Waals surface area (Å²) < 4.78 is 29.2. The van der Waals surface area contributed by atoms with E-state index in [0.717, 1.165) is 5.56 Å². The van der Waals surface area contributed by atoms with Gasteiger partial charge in [0.2, 0.25) is 6.79 Å². The number of nitrogens with zero attached hydrogens (tertiary/aromatic N) is 1. The lowest BCUT2D eigenvalue weighted by molar-refractivity contribution is 0.0598. The molecule has 1 aliphatic rings. The molecule has 212 valence electrons. The molecule has 9 nitrogen and oxygen atoms in total. The summed E-state index contributed by atoms with van der Waals surface area (Å²) in [5.41, 5.74) is 3.70. The van der Waals surface area contributed by atoms with E-state index in [-0.39, 0.29) is 24.6 Å². The molecule has 0 atom stereocenters. The highest BCUT2D eigenvalue weighted by atomic mass is 16.7. The predicted molar refractivity (Wildman–Crippen MR) is 155 cm³/mol. The van der Waals surface area contributed by atoms with Crippen molar-refractivity contribution in [1.82, 2.24) is 4.57 Å². The van der Waals surface area contributed by atoms with Crippen LogP contribution in [0.25, 0.3) is 22.0 Å². The van der Waals surface area contributed by atoms with Gasteiger partial charge in [-0.1, -0.05) is 42.5 Å². The second-order valence-corrected chi connectivity index (χ2v) is 9.65. The van der Waals surface area contributed by atoms with Crippen LogP contribution in [0.4, 0.5) is 0 Å². The standard InChI is InChI=1S/C33H27NO8/c1-38-23-10-8-22(25(15-23)33(37)39-2)17-34-27-12-11-24(40-18-20-6-4-3-5-7-20)16-26(27)30(31(34)32(35)36)21-9-13-28-29(14-21)42-19-41-28/h3-16H,17-19H2,1-2H3,(H,35,36). The number of aromatic carboxylic acids is 1. The van der Waals surface area contributed by atoms with Crippen LogP contribution in [0.5, 0.6) is 23.0 Å². The minimum atomic E-state index is -1.13. The topological polar surface area (TPSA) is 105 Å². The lowest BCUT2D eigenvalue weighted by atomic mass is 10.0. The molecule has 0 bridgehead atoms. The summed E-state index contributed by atoms with van der Waals surface area (Å²) in [6.07, 6.45) is 0. The average molecular weight is 566 g/mol. The number of carboxylic acids is 1. The van der Waals surface area contributed by atoms with Crippen LogP contribution < -0.4 is 18.9 Å². The fourth-order valence-corrected chi connectivity index (χ4v) is 5.19. The molecule has 5 aromatic rings. The van der Waals surface area contributed by atoms with Crippen molar-refractivity contribution < 1.29 is 38.4 Å². The van der Waals surface area contributed by atoms with Gasteiger partial charge in [-0.2, -0.15) is 0 Å². The zero-order chi connectivity index (χ0) is 29.2. The van der Waals surface area contributed by atoms with Crippen LogP contribution in [0.15, 0.2) is 84.9 Å². The zero-order valence-corrected chi connectivity index (χ0v) is 23.0. The molecule has 6 rings (SSSR count). The number of hydrogen-bond donors (Lipinski definition) is 1. The third kappa shape index (κ3) is 4.96. The molecule has 0 fully saturated rings. The fourth-order valence-electron chi connectivity index (χ4n) is 5.19. The molecule has 0 saturated carbocycles. The van der Waals surface area contributed by atoms with Gasteiger partial charge >= 0.3 is 11.9 Å². The first kappa shape index (κ1) is 26.8. The van der Waals surface area contributed by atoms with Crippen molar-refractivity contribution in [2.24, 2.45) is 0 Å². The highest BCUT2D eigenvalue weighted by Gasteiger charge is 2.27. The Kier molecular flexibility index (Phi) is 7.14. The Morgan fingerprint density at radius 3 is 2.43 bits per heavy atom. The van der Waals surface area contributed by atoms with Crippen molar-refractivity contribution in [3.8, 4) is 34.1 Å². The summed E-state index contributed by atoms with van der Waals surface area (Å²) in [4.78, 5) is 25.7. The lowest BCUT2D eigenvalue weighted by Crippen LogP contribution is -2.14. The largest absolute Gasteiger partial charge is 0.497 e. The van der Waals surface area contributed by atoms with Crippen LogP contribution in [0, 0.1) is 0 Å². The van der Waals surface area contributed by atoms with E-state index in [4.69, 9.17) is 23.7 Å². The van der Waals surface area contributed by atoms with Crippen molar-refractivity contribution in [3.63, 3.8) is 0 Å². The number of carboxylic acid groups (broad SMARTS) is 1. The van der Waals surface area contributed by atoms with Crippen LogP contribution in [0.1, 0.15) is 32.0 Å². The smallest absolute Gasteiger partial charge is 0.353 e. The molecule has 0 saturated heterocycles. The van der Waals surface area contributed by atoms with Crippen molar-refractivity contribution >= 4 is 22.8 Å². The molecule has 1 aliphatic heterocycles. The van der Waals surface area contributed by atoms with Crippen LogP contribution in [0.2, 0.25) is 0 Å². The molecule has 42 heavy (non-hydrogen) atoms. The third-order valence-corrected chi connectivity index (χ3v) is 7.20. The molecule has 0 unspecified atom stereocenters. The number of ether oxygens (including phenoxy) is 5. The van der Waals surface area contributed by atoms with E-state index in [1.54, 1.807) is 34.9 Å². The van der Waals surface area contributed by atoms with Crippen molar-refractivity contribution in [1.29, 1.82) is 0 Å². The number of methoxy groups -OCH3 is 2. The number of carbonyl (C=O) groups excluding carboxylic acids is 1. The van der Waals surface area contributed by atoms with Crippen molar-refractivity contribution in [2.75, 3.05) is 21.0 Å². The summed E-state index contributed by atoms with van der Waals surface area (Å²) in [6.45, 7) is 0.533. The van der Waals surface area contributed by atoms with Gasteiger partial charge in [0.25, 0.3) is 0 Å². The highest BCUT2D eigenvalue weighted by Crippen LogP contribution is 2.42. The summed E-state index contributed by atoms with van der Waals surface area (Å²) in [7, 11) is 2.81. The van der Waals surface area contributed by atoms with Gasteiger partial charge in [0.15, 0.2) is 11.5 Å². The van der Waals surface area contributed by atoms with Gasteiger partial charge in [-0.25, -0.2) is 9.59 Å². The molecular formula is C33H27NO8. The van der Waals surface area contributed by atoms with Gasteiger partial charge in [0.05, 0.1) is 19.8 Å². The summed E-state index contributed by atoms with van der Waals surface area (Å²) in [6, 6.07) is 25.7. The first-order valence-electron chi connectivity index (χ1n) is 13.2. The Morgan fingerprint density at radius 2 is 1.67 bits per heavy atom. The maximum absolute atomic E-state index is 13.0.